The lowest BCUT2D eigenvalue weighted by Crippen LogP contribution is -2.52. The van der Waals surface area contributed by atoms with Crippen LogP contribution in [0.2, 0.25) is 0 Å². The highest BCUT2D eigenvalue weighted by molar-refractivity contribution is 7.92. The van der Waals surface area contributed by atoms with Crippen molar-refractivity contribution in [3.63, 3.8) is 0 Å². The summed E-state index contributed by atoms with van der Waals surface area (Å²) in [5.41, 5.74) is 1.58. The number of hydrogen-bond donors (Lipinski definition) is 1. The van der Waals surface area contributed by atoms with E-state index in [0.717, 1.165) is 11.8 Å². The maximum Gasteiger partial charge on any atom is 0.243 e. The van der Waals surface area contributed by atoms with E-state index in [4.69, 9.17) is 4.74 Å². The lowest BCUT2D eigenvalue weighted by Gasteiger charge is -2.32. The van der Waals surface area contributed by atoms with Gasteiger partial charge in [0.2, 0.25) is 21.8 Å². The summed E-state index contributed by atoms with van der Waals surface area (Å²) in [6, 6.07) is 21.0. The molecule has 3 rings (SSSR count). The Bertz CT molecular complexity index is 1400. The smallest absolute Gasteiger partial charge is 0.243 e. The second-order valence-electron chi connectivity index (χ2n) is 10.1. The fourth-order valence-corrected chi connectivity index (χ4v) is 5.46. The van der Waals surface area contributed by atoms with Crippen molar-refractivity contribution in [1.29, 1.82) is 0 Å². The summed E-state index contributed by atoms with van der Waals surface area (Å²) < 4.78 is 46.3. The zero-order valence-corrected chi connectivity index (χ0v) is 24.7. The second-order valence-corrected chi connectivity index (χ2v) is 12.0. The van der Waals surface area contributed by atoms with Gasteiger partial charge in [0, 0.05) is 37.5 Å². The molecule has 0 spiro atoms. The van der Waals surface area contributed by atoms with E-state index in [9.17, 15) is 22.4 Å². The van der Waals surface area contributed by atoms with E-state index in [0.29, 0.717) is 11.4 Å². The molecule has 1 N–H and O–H groups in total. The zero-order chi connectivity index (χ0) is 30.0. The van der Waals surface area contributed by atoms with Gasteiger partial charge in [0.05, 0.1) is 19.1 Å². The molecule has 0 aliphatic carbocycles. The fraction of sp³-hybridized carbons (Fsp3) is 0.355. The van der Waals surface area contributed by atoms with Crippen molar-refractivity contribution >= 4 is 27.5 Å². The second kappa shape index (κ2) is 14.6. The highest BCUT2D eigenvalue weighted by atomic mass is 32.2. The number of nitrogens with one attached hydrogen (secondary N) is 1. The Morgan fingerprint density at radius 1 is 0.951 bits per heavy atom. The van der Waals surface area contributed by atoms with Crippen LogP contribution < -0.4 is 14.4 Å². The Kier molecular flexibility index (Phi) is 11.3. The molecule has 0 saturated carbocycles. The fourth-order valence-electron chi connectivity index (χ4n) is 4.50. The zero-order valence-electron chi connectivity index (χ0n) is 23.9. The third-order valence-electron chi connectivity index (χ3n) is 6.51. The highest BCUT2D eigenvalue weighted by Gasteiger charge is 2.31. The predicted octanol–water partition coefficient (Wildman–Crippen LogP) is 4.55. The quantitative estimate of drug-likeness (QED) is 0.301. The van der Waals surface area contributed by atoms with Crippen LogP contribution in [0.3, 0.4) is 0 Å². The number of methoxy groups -OCH3 is 1. The maximum absolute atomic E-state index is 14.7. The summed E-state index contributed by atoms with van der Waals surface area (Å²) in [7, 11) is -2.12. The monoisotopic (exact) mass is 583 g/mol. The molecule has 41 heavy (non-hydrogen) atoms. The Labute approximate surface area is 242 Å². The first kappa shape index (κ1) is 31.6. The van der Waals surface area contributed by atoms with Gasteiger partial charge in [0.15, 0.2) is 0 Å². The largest absolute Gasteiger partial charge is 0.497 e. The average molecular weight is 584 g/mol. The molecule has 0 aliphatic rings. The first-order chi connectivity index (χ1) is 19.5. The van der Waals surface area contributed by atoms with Gasteiger partial charge in [-0.2, -0.15) is 0 Å². The molecule has 0 aliphatic heterocycles. The summed E-state index contributed by atoms with van der Waals surface area (Å²) in [6.07, 6.45) is 1.49. The SMILES string of the molecule is COc1ccc(N(CCCC(=O)N(Cc2ccccc2F)[C@@H](Cc2ccccc2)C(=O)NC(C)C)S(C)(=O)=O)cc1. The molecule has 0 heterocycles. The lowest BCUT2D eigenvalue weighted by molar-refractivity contribution is -0.141. The third kappa shape index (κ3) is 9.31. The van der Waals surface area contributed by atoms with Crippen LogP contribution in [-0.4, -0.2) is 57.1 Å². The molecule has 0 radical (unpaired) electrons. The Morgan fingerprint density at radius 2 is 1.59 bits per heavy atom. The van der Waals surface area contributed by atoms with Crippen LogP contribution in [-0.2, 0) is 32.6 Å². The van der Waals surface area contributed by atoms with E-state index >= 15 is 0 Å². The molecule has 0 bridgehead atoms. The molecule has 0 saturated heterocycles. The standard InChI is InChI=1S/C31H38FN3O5S/c1-23(2)33-31(37)29(21-24-11-6-5-7-12-24)34(22-25-13-8-9-14-28(25)32)30(36)15-10-20-35(41(4,38)39)26-16-18-27(40-3)19-17-26/h5-9,11-14,16-19,23,29H,10,15,20-22H2,1-4H3,(H,33,37)/t29-/m0/s1. The minimum Gasteiger partial charge on any atom is -0.497 e. The molecule has 3 aromatic carbocycles. The van der Waals surface area contributed by atoms with Crippen molar-refractivity contribution in [2.45, 2.75) is 51.7 Å². The minimum atomic E-state index is -3.64. The molecule has 1 atom stereocenters. The molecular weight excluding hydrogens is 545 g/mol. The normalized spacial score (nSPS) is 12.0. The number of nitrogens with zero attached hydrogens (tertiary/aromatic N) is 2. The van der Waals surface area contributed by atoms with E-state index in [2.05, 4.69) is 5.32 Å². The number of ether oxygens (including phenoxy) is 1. The van der Waals surface area contributed by atoms with Crippen molar-refractivity contribution < 1.29 is 27.1 Å². The van der Waals surface area contributed by atoms with Crippen molar-refractivity contribution in [1.82, 2.24) is 10.2 Å². The summed E-state index contributed by atoms with van der Waals surface area (Å²) in [4.78, 5) is 28.6. The number of hydrogen-bond acceptors (Lipinski definition) is 5. The van der Waals surface area contributed by atoms with E-state index < -0.39 is 21.9 Å². The Hall–Kier alpha value is -3.92. The van der Waals surface area contributed by atoms with Crippen LogP contribution in [0, 0.1) is 5.82 Å². The molecule has 0 unspecified atom stereocenters. The molecule has 0 aromatic heterocycles. The number of carbonyl (C=O) groups is 2. The van der Waals surface area contributed by atoms with Gasteiger partial charge in [-0.15, -0.1) is 0 Å². The molecule has 8 nitrogen and oxygen atoms in total. The van der Waals surface area contributed by atoms with Crippen LogP contribution in [0.25, 0.3) is 0 Å². The topological polar surface area (TPSA) is 96.0 Å². The number of anilines is 1. The van der Waals surface area contributed by atoms with Gasteiger partial charge in [0.1, 0.15) is 17.6 Å². The predicted molar refractivity (Wildman–Crippen MR) is 159 cm³/mol. The number of carbonyl (C=O) groups excluding carboxylic acids is 2. The summed E-state index contributed by atoms with van der Waals surface area (Å²) in [6.45, 7) is 3.60. The van der Waals surface area contributed by atoms with Crippen molar-refractivity contribution in [2.24, 2.45) is 0 Å². The third-order valence-corrected chi connectivity index (χ3v) is 7.71. The van der Waals surface area contributed by atoms with Crippen LogP contribution in [0.1, 0.15) is 37.8 Å². The first-order valence-corrected chi connectivity index (χ1v) is 15.3. The maximum atomic E-state index is 14.7. The van der Waals surface area contributed by atoms with Gasteiger partial charge in [-0.1, -0.05) is 48.5 Å². The molecule has 0 fully saturated rings. The van der Waals surface area contributed by atoms with E-state index in [1.54, 1.807) is 42.5 Å². The van der Waals surface area contributed by atoms with Crippen LogP contribution in [0.4, 0.5) is 10.1 Å². The molecule has 3 aromatic rings. The summed E-state index contributed by atoms with van der Waals surface area (Å²) in [5, 5.41) is 2.90. The Morgan fingerprint density at radius 3 is 2.17 bits per heavy atom. The van der Waals surface area contributed by atoms with Gasteiger partial charge in [0.25, 0.3) is 0 Å². The highest BCUT2D eigenvalue weighted by Crippen LogP contribution is 2.23. The van der Waals surface area contributed by atoms with Crippen molar-refractivity contribution in [3.8, 4) is 5.75 Å². The molecular formula is C31H38FN3O5S. The average Bonchev–Trinajstić information content (AvgIpc) is 2.93. The van der Waals surface area contributed by atoms with Crippen LogP contribution >= 0.6 is 0 Å². The van der Waals surface area contributed by atoms with Gasteiger partial charge in [-0.05, 0) is 56.2 Å². The Balaban J connectivity index is 1.88. The number of benzene rings is 3. The van der Waals surface area contributed by atoms with E-state index in [1.165, 1.54) is 22.4 Å². The van der Waals surface area contributed by atoms with Gasteiger partial charge in [-0.3, -0.25) is 13.9 Å². The van der Waals surface area contributed by atoms with Gasteiger partial charge >= 0.3 is 0 Å². The number of amides is 2. The van der Waals surface area contributed by atoms with Gasteiger partial charge in [-0.25, -0.2) is 12.8 Å². The van der Waals surface area contributed by atoms with Crippen LogP contribution in [0.15, 0.2) is 78.9 Å². The van der Waals surface area contributed by atoms with Gasteiger partial charge < -0.3 is 15.0 Å². The van der Waals surface area contributed by atoms with E-state index in [-0.39, 0.29) is 55.8 Å². The number of sulfonamides is 1. The van der Waals surface area contributed by atoms with E-state index in [1.807, 2.05) is 44.2 Å². The molecule has 10 heteroatoms. The number of halogens is 1. The molecule has 2 amide bonds. The summed E-state index contributed by atoms with van der Waals surface area (Å²) in [5.74, 6) is -0.609. The number of rotatable bonds is 14. The summed E-state index contributed by atoms with van der Waals surface area (Å²) >= 11 is 0. The van der Waals surface area contributed by atoms with Crippen LogP contribution in [0.5, 0.6) is 5.75 Å². The molecule has 220 valence electrons. The van der Waals surface area contributed by atoms with Crippen molar-refractivity contribution in [3.05, 3.63) is 95.8 Å². The van der Waals surface area contributed by atoms with Crippen molar-refractivity contribution in [2.75, 3.05) is 24.2 Å². The first-order valence-electron chi connectivity index (χ1n) is 13.5. The lowest BCUT2D eigenvalue weighted by atomic mass is 10.0. The minimum absolute atomic E-state index is 0.0448.